The van der Waals surface area contributed by atoms with Crippen molar-refractivity contribution in [1.29, 1.82) is 0 Å². The van der Waals surface area contributed by atoms with Gasteiger partial charge in [-0.2, -0.15) is 0 Å². The Hall–Kier alpha value is -1.00. The number of halogens is 1. The summed E-state index contributed by atoms with van der Waals surface area (Å²) in [7, 11) is 1.58. The zero-order valence-corrected chi connectivity index (χ0v) is 9.17. The molecule has 0 bridgehead atoms. The van der Waals surface area contributed by atoms with Crippen molar-refractivity contribution in [3.63, 3.8) is 0 Å². The number of hydrogen-bond donors (Lipinski definition) is 1. The summed E-state index contributed by atoms with van der Waals surface area (Å²) in [6.45, 7) is -0.0527. The van der Waals surface area contributed by atoms with E-state index < -0.39 is 0 Å². The van der Waals surface area contributed by atoms with Gasteiger partial charge in [0.15, 0.2) is 5.58 Å². The number of ether oxygens (including phenoxy) is 1. The van der Waals surface area contributed by atoms with Crippen molar-refractivity contribution >= 4 is 26.9 Å². The summed E-state index contributed by atoms with van der Waals surface area (Å²) in [6.07, 6.45) is 1.60. The molecule has 0 fully saturated rings. The van der Waals surface area contributed by atoms with Crippen LogP contribution in [0.4, 0.5) is 0 Å². The second-order valence-electron chi connectivity index (χ2n) is 2.87. The van der Waals surface area contributed by atoms with Crippen molar-refractivity contribution in [2.45, 2.75) is 6.61 Å². The Kier molecular flexibility index (Phi) is 2.48. The lowest BCUT2D eigenvalue weighted by Crippen LogP contribution is -1.92. The fourth-order valence-corrected chi connectivity index (χ4v) is 2.07. The normalized spacial score (nSPS) is 10.8. The van der Waals surface area contributed by atoms with Crippen molar-refractivity contribution in [3.8, 4) is 5.75 Å². The molecule has 3 nitrogen and oxygen atoms in total. The average Bonchev–Trinajstić information content (AvgIpc) is 2.66. The first kappa shape index (κ1) is 9.55. The number of rotatable bonds is 2. The molecule has 0 amide bonds. The second kappa shape index (κ2) is 3.63. The minimum Gasteiger partial charge on any atom is -0.496 e. The Balaban J connectivity index is 2.82. The molecule has 74 valence electrons. The predicted molar refractivity (Wildman–Crippen MR) is 56.4 cm³/mol. The maximum Gasteiger partial charge on any atom is 0.151 e. The average molecular weight is 257 g/mol. The van der Waals surface area contributed by atoms with Gasteiger partial charge in [0.25, 0.3) is 0 Å². The maximum atomic E-state index is 9.14. The maximum absolute atomic E-state index is 9.14. The summed E-state index contributed by atoms with van der Waals surface area (Å²) >= 11 is 3.37. The van der Waals surface area contributed by atoms with Crippen molar-refractivity contribution in [3.05, 3.63) is 28.4 Å². The molecule has 0 saturated heterocycles. The van der Waals surface area contributed by atoms with E-state index in [1.165, 1.54) is 0 Å². The van der Waals surface area contributed by atoms with Crippen LogP contribution in [0.25, 0.3) is 11.0 Å². The van der Waals surface area contributed by atoms with Gasteiger partial charge in [0.05, 0.1) is 29.8 Å². The third-order valence-electron chi connectivity index (χ3n) is 2.09. The number of furan rings is 1. The predicted octanol–water partition coefficient (Wildman–Crippen LogP) is 2.70. The summed E-state index contributed by atoms with van der Waals surface area (Å²) < 4.78 is 11.3. The van der Waals surface area contributed by atoms with E-state index in [9.17, 15) is 0 Å². The standard InChI is InChI=1S/C10H9BrO3/c1-13-9-6(5-12)4-8(11)10-7(9)2-3-14-10/h2-4,12H,5H2,1H3. The van der Waals surface area contributed by atoms with Gasteiger partial charge in [-0.15, -0.1) is 0 Å². The van der Waals surface area contributed by atoms with Crippen LogP contribution in [0.2, 0.25) is 0 Å². The quantitative estimate of drug-likeness (QED) is 0.899. The summed E-state index contributed by atoms with van der Waals surface area (Å²) in [4.78, 5) is 0. The first-order valence-electron chi connectivity index (χ1n) is 4.11. The molecule has 0 spiro atoms. The highest BCUT2D eigenvalue weighted by Crippen LogP contribution is 2.35. The number of methoxy groups -OCH3 is 1. The molecule has 0 saturated carbocycles. The summed E-state index contributed by atoms with van der Waals surface area (Å²) in [6, 6.07) is 3.61. The molecule has 14 heavy (non-hydrogen) atoms. The van der Waals surface area contributed by atoms with Gasteiger partial charge in [-0.05, 0) is 28.1 Å². The largest absolute Gasteiger partial charge is 0.496 e. The Morgan fingerprint density at radius 3 is 3.00 bits per heavy atom. The molecule has 0 aliphatic heterocycles. The molecule has 2 rings (SSSR count). The lowest BCUT2D eigenvalue weighted by atomic mass is 10.1. The van der Waals surface area contributed by atoms with Crippen LogP contribution in [0, 0.1) is 0 Å². The molecule has 1 N–H and O–H groups in total. The van der Waals surface area contributed by atoms with Crippen LogP contribution in [0.5, 0.6) is 5.75 Å². The molecule has 1 aromatic carbocycles. The molecule has 4 heteroatoms. The summed E-state index contributed by atoms with van der Waals surface area (Å²) in [5, 5.41) is 10.0. The van der Waals surface area contributed by atoms with Gasteiger partial charge in [0, 0.05) is 5.56 Å². The first-order valence-corrected chi connectivity index (χ1v) is 4.90. The highest BCUT2D eigenvalue weighted by atomic mass is 79.9. The minimum absolute atomic E-state index is 0.0527. The molecule has 0 unspecified atom stereocenters. The zero-order chi connectivity index (χ0) is 10.1. The van der Waals surface area contributed by atoms with E-state index in [2.05, 4.69) is 15.9 Å². The molecule has 1 aromatic heterocycles. The molecular formula is C10H9BrO3. The van der Waals surface area contributed by atoms with Gasteiger partial charge in [0.1, 0.15) is 5.75 Å². The van der Waals surface area contributed by atoms with Crippen LogP contribution in [-0.4, -0.2) is 12.2 Å². The van der Waals surface area contributed by atoms with Gasteiger partial charge >= 0.3 is 0 Å². The SMILES string of the molecule is COc1c(CO)cc(Br)c2occc12. The lowest BCUT2D eigenvalue weighted by Gasteiger charge is -2.07. The van der Waals surface area contributed by atoms with Crippen LogP contribution in [0.3, 0.4) is 0 Å². The van der Waals surface area contributed by atoms with E-state index >= 15 is 0 Å². The third-order valence-corrected chi connectivity index (χ3v) is 2.68. The van der Waals surface area contributed by atoms with Gasteiger partial charge < -0.3 is 14.3 Å². The third kappa shape index (κ3) is 1.31. The van der Waals surface area contributed by atoms with Crippen molar-refractivity contribution in [2.24, 2.45) is 0 Å². The van der Waals surface area contributed by atoms with Crippen LogP contribution >= 0.6 is 15.9 Å². The Labute approximate surface area is 89.4 Å². The van der Waals surface area contributed by atoms with Crippen LogP contribution < -0.4 is 4.74 Å². The van der Waals surface area contributed by atoms with Crippen LogP contribution in [0.1, 0.15) is 5.56 Å². The van der Waals surface area contributed by atoms with Gasteiger partial charge in [-0.25, -0.2) is 0 Å². The van der Waals surface area contributed by atoms with Gasteiger partial charge in [0.2, 0.25) is 0 Å². The van der Waals surface area contributed by atoms with Crippen molar-refractivity contribution in [1.82, 2.24) is 0 Å². The molecular weight excluding hydrogens is 248 g/mol. The van der Waals surface area contributed by atoms with Gasteiger partial charge in [-0.3, -0.25) is 0 Å². The molecule has 0 aliphatic rings. The number of aliphatic hydroxyl groups excluding tert-OH is 1. The Bertz CT molecular complexity index is 462. The highest BCUT2D eigenvalue weighted by Gasteiger charge is 2.12. The Morgan fingerprint density at radius 1 is 1.57 bits per heavy atom. The molecule has 0 radical (unpaired) electrons. The van der Waals surface area contributed by atoms with E-state index in [4.69, 9.17) is 14.3 Å². The zero-order valence-electron chi connectivity index (χ0n) is 7.58. The highest BCUT2D eigenvalue weighted by molar-refractivity contribution is 9.10. The molecule has 1 heterocycles. The van der Waals surface area contributed by atoms with E-state index in [-0.39, 0.29) is 6.61 Å². The van der Waals surface area contributed by atoms with E-state index in [0.717, 1.165) is 21.0 Å². The fourth-order valence-electron chi connectivity index (χ4n) is 1.49. The van der Waals surface area contributed by atoms with E-state index in [1.807, 2.05) is 6.07 Å². The second-order valence-corrected chi connectivity index (χ2v) is 3.73. The fraction of sp³-hybridized carbons (Fsp3) is 0.200. The van der Waals surface area contributed by atoms with Crippen molar-refractivity contribution in [2.75, 3.05) is 7.11 Å². The summed E-state index contributed by atoms with van der Waals surface area (Å²) in [5.74, 6) is 0.666. The van der Waals surface area contributed by atoms with Crippen LogP contribution in [-0.2, 0) is 6.61 Å². The summed E-state index contributed by atoms with van der Waals surface area (Å²) in [5.41, 5.74) is 1.48. The lowest BCUT2D eigenvalue weighted by molar-refractivity contribution is 0.274. The van der Waals surface area contributed by atoms with Crippen molar-refractivity contribution < 1.29 is 14.3 Å². The topological polar surface area (TPSA) is 42.6 Å². The first-order chi connectivity index (χ1) is 6.77. The smallest absolute Gasteiger partial charge is 0.151 e. The monoisotopic (exact) mass is 256 g/mol. The Morgan fingerprint density at radius 2 is 2.36 bits per heavy atom. The molecule has 0 atom stereocenters. The minimum atomic E-state index is -0.0527. The molecule has 2 aromatic rings. The number of hydrogen-bond acceptors (Lipinski definition) is 3. The number of aliphatic hydroxyl groups is 1. The molecule has 0 aliphatic carbocycles. The van der Waals surface area contributed by atoms with Gasteiger partial charge in [-0.1, -0.05) is 0 Å². The van der Waals surface area contributed by atoms with Crippen LogP contribution in [0.15, 0.2) is 27.3 Å². The number of benzene rings is 1. The number of fused-ring (bicyclic) bond motifs is 1. The van der Waals surface area contributed by atoms with E-state index in [0.29, 0.717) is 5.75 Å². The van der Waals surface area contributed by atoms with E-state index in [1.54, 1.807) is 19.4 Å².